The van der Waals surface area contributed by atoms with Gasteiger partial charge in [0.1, 0.15) is 11.5 Å². The Bertz CT molecular complexity index is 698. The Morgan fingerprint density at radius 3 is 2.96 bits per heavy atom. The number of rotatable bonds is 5. The van der Waals surface area contributed by atoms with Gasteiger partial charge in [0.05, 0.1) is 17.5 Å². The van der Waals surface area contributed by atoms with Gasteiger partial charge in [-0.2, -0.15) is 5.10 Å². The third-order valence-corrected chi connectivity index (χ3v) is 4.34. The van der Waals surface area contributed by atoms with E-state index in [4.69, 9.17) is 0 Å². The van der Waals surface area contributed by atoms with E-state index in [1.54, 1.807) is 25.1 Å². The number of para-hydroxylation sites is 1. The van der Waals surface area contributed by atoms with Crippen LogP contribution >= 0.6 is 12.4 Å². The molecule has 0 aliphatic carbocycles. The molecule has 0 spiro atoms. The van der Waals surface area contributed by atoms with Crippen molar-refractivity contribution in [3.05, 3.63) is 47.5 Å². The lowest BCUT2D eigenvalue weighted by atomic mass is 10.1. The van der Waals surface area contributed by atoms with Crippen LogP contribution in [-0.4, -0.2) is 35.3 Å². The number of nitrogens with zero attached hydrogens (tertiary/aromatic N) is 2. The van der Waals surface area contributed by atoms with Gasteiger partial charge >= 0.3 is 0 Å². The van der Waals surface area contributed by atoms with Crippen molar-refractivity contribution in [3.8, 4) is 5.69 Å². The van der Waals surface area contributed by atoms with Crippen LogP contribution in [0.25, 0.3) is 5.69 Å². The van der Waals surface area contributed by atoms with E-state index in [2.05, 4.69) is 15.7 Å². The van der Waals surface area contributed by atoms with Gasteiger partial charge in [0.15, 0.2) is 0 Å². The largest absolute Gasteiger partial charge is 0.352 e. The Balaban J connectivity index is 0.00000208. The molecule has 1 aliphatic heterocycles. The zero-order valence-corrected chi connectivity index (χ0v) is 14.4. The molecule has 1 amide bonds. The molecular weight excluding hydrogens is 331 g/mol. The van der Waals surface area contributed by atoms with Crippen molar-refractivity contribution in [1.29, 1.82) is 0 Å². The topological polar surface area (TPSA) is 59.0 Å². The fourth-order valence-electron chi connectivity index (χ4n) is 2.94. The third-order valence-electron chi connectivity index (χ3n) is 4.34. The average molecular weight is 353 g/mol. The summed E-state index contributed by atoms with van der Waals surface area (Å²) < 4.78 is 15.3. The van der Waals surface area contributed by atoms with E-state index >= 15 is 0 Å². The van der Waals surface area contributed by atoms with Crippen molar-refractivity contribution in [1.82, 2.24) is 20.4 Å². The minimum absolute atomic E-state index is 0. The molecule has 2 N–H and O–H groups in total. The second-order valence-electron chi connectivity index (χ2n) is 5.91. The summed E-state index contributed by atoms with van der Waals surface area (Å²) >= 11 is 0. The van der Waals surface area contributed by atoms with Crippen LogP contribution in [-0.2, 0) is 0 Å². The van der Waals surface area contributed by atoms with Gasteiger partial charge in [0.25, 0.3) is 5.91 Å². The second kappa shape index (κ2) is 8.26. The number of hydrogen-bond acceptors (Lipinski definition) is 3. The van der Waals surface area contributed by atoms with Crippen molar-refractivity contribution >= 4 is 18.3 Å². The van der Waals surface area contributed by atoms with Gasteiger partial charge in [0.2, 0.25) is 0 Å². The Morgan fingerprint density at radius 2 is 2.25 bits per heavy atom. The highest BCUT2D eigenvalue weighted by Crippen LogP contribution is 2.17. The standard InChI is InChI=1S/C17H21FN4O.ClH/c1-12-14(17(23)20-9-7-13-6-8-19-10-13)11-21-22(12)16-5-3-2-4-15(16)18;/h2-5,11,13,19H,6-10H2,1H3,(H,20,23);1H. The van der Waals surface area contributed by atoms with Crippen LogP contribution in [0, 0.1) is 18.7 Å². The molecule has 0 bridgehead atoms. The minimum atomic E-state index is -0.362. The lowest BCUT2D eigenvalue weighted by Gasteiger charge is -2.09. The molecule has 1 fully saturated rings. The van der Waals surface area contributed by atoms with Crippen LogP contribution in [0.1, 0.15) is 28.9 Å². The number of carbonyl (C=O) groups is 1. The van der Waals surface area contributed by atoms with Crippen molar-refractivity contribution in [2.75, 3.05) is 19.6 Å². The SMILES string of the molecule is Cc1c(C(=O)NCCC2CCNC2)cnn1-c1ccccc1F.Cl. The minimum Gasteiger partial charge on any atom is -0.352 e. The van der Waals surface area contributed by atoms with Gasteiger partial charge in [-0.15, -0.1) is 12.4 Å². The van der Waals surface area contributed by atoms with Crippen LogP contribution in [0.3, 0.4) is 0 Å². The highest BCUT2D eigenvalue weighted by molar-refractivity contribution is 5.95. The maximum absolute atomic E-state index is 13.9. The quantitative estimate of drug-likeness (QED) is 0.869. The van der Waals surface area contributed by atoms with Crippen LogP contribution in [0.4, 0.5) is 4.39 Å². The summed E-state index contributed by atoms with van der Waals surface area (Å²) in [6.45, 7) is 4.51. The summed E-state index contributed by atoms with van der Waals surface area (Å²) in [7, 11) is 0. The molecule has 1 atom stereocenters. The molecule has 1 unspecified atom stereocenters. The summed E-state index contributed by atoms with van der Waals surface area (Å²) in [6.07, 6.45) is 3.63. The molecule has 1 aromatic heterocycles. The van der Waals surface area contributed by atoms with Crippen LogP contribution in [0.15, 0.2) is 30.5 Å². The molecular formula is C17H22ClFN4O. The number of nitrogens with one attached hydrogen (secondary N) is 2. The zero-order chi connectivity index (χ0) is 16.2. The highest BCUT2D eigenvalue weighted by atomic mass is 35.5. The van der Waals surface area contributed by atoms with E-state index in [9.17, 15) is 9.18 Å². The molecule has 2 aromatic rings. The van der Waals surface area contributed by atoms with Crippen molar-refractivity contribution in [2.24, 2.45) is 5.92 Å². The average Bonchev–Trinajstić information content (AvgIpc) is 3.18. The Kier molecular flexibility index (Phi) is 6.34. The molecule has 7 heteroatoms. The maximum atomic E-state index is 13.9. The van der Waals surface area contributed by atoms with E-state index in [0.29, 0.717) is 29.4 Å². The first-order valence-electron chi connectivity index (χ1n) is 7.95. The first-order chi connectivity index (χ1) is 11.2. The Labute approximate surface area is 147 Å². The van der Waals surface area contributed by atoms with Gasteiger partial charge in [-0.1, -0.05) is 12.1 Å². The molecule has 0 radical (unpaired) electrons. The van der Waals surface area contributed by atoms with Crippen LogP contribution in [0.5, 0.6) is 0 Å². The monoisotopic (exact) mass is 352 g/mol. The number of carbonyl (C=O) groups excluding carboxylic acids is 1. The van der Waals surface area contributed by atoms with E-state index < -0.39 is 0 Å². The second-order valence-corrected chi connectivity index (χ2v) is 5.91. The summed E-state index contributed by atoms with van der Waals surface area (Å²) in [5, 5.41) is 10.4. The first-order valence-corrected chi connectivity index (χ1v) is 7.95. The van der Waals surface area contributed by atoms with Crippen LogP contribution in [0.2, 0.25) is 0 Å². The van der Waals surface area contributed by atoms with Crippen molar-refractivity contribution < 1.29 is 9.18 Å². The van der Waals surface area contributed by atoms with Gasteiger partial charge in [-0.25, -0.2) is 9.07 Å². The Hall–Kier alpha value is -1.92. The zero-order valence-electron chi connectivity index (χ0n) is 13.6. The van der Waals surface area contributed by atoms with Crippen molar-refractivity contribution in [2.45, 2.75) is 19.8 Å². The van der Waals surface area contributed by atoms with E-state index in [1.165, 1.54) is 23.4 Å². The number of hydrogen-bond donors (Lipinski definition) is 2. The Morgan fingerprint density at radius 1 is 1.46 bits per heavy atom. The van der Waals surface area contributed by atoms with Crippen molar-refractivity contribution in [3.63, 3.8) is 0 Å². The number of halogens is 2. The van der Waals surface area contributed by atoms with E-state index in [-0.39, 0.29) is 24.1 Å². The van der Waals surface area contributed by atoms with Gasteiger partial charge in [-0.3, -0.25) is 4.79 Å². The molecule has 5 nitrogen and oxygen atoms in total. The lowest BCUT2D eigenvalue weighted by molar-refractivity contribution is 0.0951. The van der Waals surface area contributed by atoms with Crippen LogP contribution < -0.4 is 10.6 Å². The molecule has 130 valence electrons. The smallest absolute Gasteiger partial charge is 0.254 e. The molecule has 2 heterocycles. The molecule has 1 saturated heterocycles. The van der Waals surface area contributed by atoms with Gasteiger partial charge < -0.3 is 10.6 Å². The highest BCUT2D eigenvalue weighted by Gasteiger charge is 2.18. The number of amides is 1. The predicted molar refractivity (Wildman–Crippen MR) is 93.4 cm³/mol. The predicted octanol–water partition coefficient (Wildman–Crippen LogP) is 2.47. The number of benzene rings is 1. The van der Waals surface area contributed by atoms with E-state index in [0.717, 1.165) is 19.5 Å². The summed E-state index contributed by atoms with van der Waals surface area (Å²) in [5.74, 6) is 0.118. The fourth-order valence-corrected chi connectivity index (χ4v) is 2.94. The van der Waals surface area contributed by atoms with Gasteiger partial charge in [-0.05, 0) is 50.9 Å². The van der Waals surface area contributed by atoms with E-state index in [1.807, 2.05) is 0 Å². The number of aromatic nitrogens is 2. The maximum Gasteiger partial charge on any atom is 0.254 e. The summed E-state index contributed by atoms with van der Waals surface area (Å²) in [6, 6.07) is 6.40. The molecule has 24 heavy (non-hydrogen) atoms. The third kappa shape index (κ3) is 3.94. The summed E-state index contributed by atoms with van der Waals surface area (Å²) in [4.78, 5) is 12.3. The normalized spacial score (nSPS) is 16.7. The fraction of sp³-hybridized carbons (Fsp3) is 0.412. The molecule has 1 aromatic carbocycles. The lowest BCUT2D eigenvalue weighted by Crippen LogP contribution is -2.26. The molecule has 3 rings (SSSR count). The first kappa shape index (κ1) is 18.4. The summed E-state index contributed by atoms with van der Waals surface area (Å²) in [5.41, 5.74) is 1.47. The molecule has 1 aliphatic rings. The van der Waals surface area contributed by atoms with Gasteiger partial charge in [0, 0.05) is 6.54 Å². The molecule has 0 saturated carbocycles.